The van der Waals surface area contributed by atoms with Gasteiger partial charge in [-0.2, -0.15) is 0 Å². The minimum Gasteiger partial charge on any atom is -0.276 e. The number of nitrogens with zero attached hydrogens (tertiary/aromatic N) is 4. The van der Waals surface area contributed by atoms with Gasteiger partial charge in [0, 0.05) is 17.3 Å². The van der Waals surface area contributed by atoms with Gasteiger partial charge >= 0.3 is 0 Å². The van der Waals surface area contributed by atoms with E-state index in [1.165, 1.54) is 23.9 Å². The van der Waals surface area contributed by atoms with Gasteiger partial charge in [-0.25, -0.2) is 4.39 Å². The van der Waals surface area contributed by atoms with E-state index < -0.39 is 5.82 Å². The summed E-state index contributed by atoms with van der Waals surface area (Å²) in [6.07, 6.45) is 0. The molecule has 4 aromatic rings. The van der Waals surface area contributed by atoms with E-state index in [1.54, 1.807) is 10.6 Å². The van der Waals surface area contributed by atoms with Crippen molar-refractivity contribution in [1.29, 1.82) is 0 Å². The molecule has 0 spiro atoms. The highest BCUT2D eigenvalue weighted by molar-refractivity contribution is 7.98. The number of rotatable bonds is 5. The van der Waals surface area contributed by atoms with E-state index in [4.69, 9.17) is 11.6 Å². The van der Waals surface area contributed by atoms with E-state index in [1.807, 2.05) is 42.5 Å². The van der Waals surface area contributed by atoms with Crippen LogP contribution < -0.4 is 5.56 Å². The van der Waals surface area contributed by atoms with Gasteiger partial charge in [0.1, 0.15) is 5.82 Å². The summed E-state index contributed by atoms with van der Waals surface area (Å²) in [5, 5.41) is 10.2. The van der Waals surface area contributed by atoms with Crippen LogP contribution in [0.2, 0.25) is 5.02 Å². The standard InChI is InChI=1S/C20H18ClFN4OS/c1-12(2)10-25-18(27)16-9-15(22)6-7-17(16)26-19(25)23-24-20(26)28-11-13-4-3-5-14(21)8-13/h3-9,12H,10-11H2,1-2H3. The average Bonchev–Trinajstić information content (AvgIpc) is 3.07. The second-order valence-corrected chi connectivity index (χ2v) is 8.39. The third-order valence-corrected chi connectivity index (χ3v) is 5.57. The van der Waals surface area contributed by atoms with Gasteiger partial charge in [0.2, 0.25) is 5.78 Å². The van der Waals surface area contributed by atoms with E-state index >= 15 is 0 Å². The van der Waals surface area contributed by atoms with Crippen LogP contribution in [0.5, 0.6) is 0 Å². The van der Waals surface area contributed by atoms with Crippen LogP contribution in [0.4, 0.5) is 4.39 Å². The van der Waals surface area contributed by atoms with Crippen LogP contribution >= 0.6 is 23.4 Å². The van der Waals surface area contributed by atoms with E-state index in [0.717, 1.165) is 5.56 Å². The summed E-state index contributed by atoms with van der Waals surface area (Å²) in [4.78, 5) is 12.9. The Hall–Kier alpha value is -2.38. The van der Waals surface area contributed by atoms with Crippen molar-refractivity contribution in [3.05, 3.63) is 69.2 Å². The highest BCUT2D eigenvalue weighted by atomic mass is 35.5. The number of fused-ring (bicyclic) bond motifs is 3. The fourth-order valence-electron chi connectivity index (χ4n) is 3.16. The molecule has 0 fully saturated rings. The number of aromatic nitrogens is 4. The van der Waals surface area contributed by atoms with Gasteiger partial charge in [-0.05, 0) is 41.8 Å². The Bertz CT molecular complexity index is 1230. The third kappa shape index (κ3) is 3.52. The lowest BCUT2D eigenvalue weighted by molar-refractivity contribution is 0.517. The molecule has 0 bridgehead atoms. The maximum atomic E-state index is 13.8. The predicted octanol–water partition coefficient (Wildman–Crippen LogP) is 4.79. The first-order valence-electron chi connectivity index (χ1n) is 8.88. The minimum atomic E-state index is -0.443. The zero-order chi connectivity index (χ0) is 19.8. The first kappa shape index (κ1) is 19.0. The smallest absolute Gasteiger partial charge is 0.262 e. The van der Waals surface area contributed by atoms with Gasteiger partial charge in [0.15, 0.2) is 5.16 Å². The van der Waals surface area contributed by atoms with Crippen molar-refractivity contribution in [2.45, 2.75) is 31.3 Å². The minimum absolute atomic E-state index is 0.228. The molecule has 0 N–H and O–H groups in total. The molecule has 0 unspecified atom stereocenters. The van der Waals surface area contributed by atoms with Crippen molar-refractivity contribution in [2.24, 2.45) is 5.92 Å². The Kier molecular flexibility index (Phi) is 5.12. The van der Waals surface area contributed by atoms with E-state index in [-0.39, 0.29) is 11.5 Å². The fraction of sp³-hybridized carbons (Fsp3) is 0.250. The van der Waals surface area contributed by atoms with Crippen LogP contribution in [0, 0.1) is 11.7 Å². The van der Waals surface area contributed by atoms with Crippen molar-refractivity contribution in [2.75, 3.05) is 0 Å². The maximum absolute atomic E-state index is 13.8. The first-order valence-corrected chi connectivity index (χ1v) is 10.2. The molecule has 2 aromatic carbocycles. The molecule has 0 amide bonds. The third-order valence-electron chi connectivity index (χ3n) is 4.34. The Morgan fingerprint density at radius 1 is 1.18 bits per heavy atom. The van der Waals surface area contributed by atoms with Crippen LogP contribution in [0.3, 0.4) is 0 Å². The van der Waals surface area contributed by atoms with E-state index in [2.05, 4.69) is 10.2 Å². The molecular formula is C20H18ClFN4OS. The maximum Gasteiger partial charge on any atom is 0.262 e. The van der Waals surface area contributed by atoms with Crippen LogP contribution in [-0.4, -0.2) is 19.2 Å². The molecule has 5 nitrogen and oxygen atoms in total. The largest absolute Gasteiger partial charge is 0.276 e. The van der Waals surface area contributed by atoms with Crippen molar-refractivity contribution in [3.8, 4) is 0 Å². The van der Waals surface area contributed by atoms with Crippen molar-refractivity contribution in [1.82, 2.24) is 19.2 Å². The first-order chi connectivity index (χ1) is 13.4. The van der Waals surface area contributed by atoms with Gasteiger partial charge < -0.3 is 0 Å². The van der Waals surface area contributed by atoms with E-state index in [0.29, 0.717) is 39.2 Å². The molecule has 4 rings (SSSR count). The lowest BCUT2D eigenvalue weighted by Crippen LogP contribution is -2.25. The lowest BCUT2D eigenvalue weighted by Gasteiger charge is -2.13. The van der Waals surface area contributed by atoms with Crippen molar-refractivity contribution in [3.63, 3.8) is 0 Å². The number of hydrogen-bond donors (Lipinski definition) is 0. The van der Waals surface area contributed by atoms with Crippen molar-refractivity contribution >= 4 is 40.0 Å². The second kappa shape index (κ2) is 7.56. The molecule has 8 heteroatoms. The monoisotopic (exact) mass is 416 g/mol. The fourth-order valence-corrected chi connectivity index (χ4v) is 4.25. The summed E-state index contributed by atoms with van der Waals surface area (Å²) in [7, 11) is 0. The molecule has 0 saturated carbocycles. The van der Waals surface area contributed by atoms with Gasteiger partial charge in [-0.1, -0.05) is 49.3 Å². The van der Waals surface area contributed by atoms with Crippen LogP contribution in [-0.2, 0) is 12.3 Å². The highest BCUT2D eigenvalue weighted by Gasteiger charge is 2.18. The Balaban J connectivity index is 1.87. The van der Waals surface area contributed by atoms with Gasteiger partial charge in [0.05, 0.1) is 10.9 Å². The molecule has 0 radical (unpaired) electrons. The number of hydrogen-bond acceptors (Lipinski definition) is 4. The van der Waals surface area contributed by atoms with Gasteiger partial charge in [0.25, 0.3) is 5.56 Å². The van der Waals surface area contributed by atoms with E-state index in [9.17, 15) is 9.18 Å². The summed E-state index contributed by atoms with van der Waals surface area (Å²) in [6.45, 7) is 4.51. The molecule has 0 saturated heterocycles. The quantitative estimate of drug-likeness (QED) is 0.439. The molecule has 144 valence electrons. The summed E-state index contributed by atoms with van der Waals surface area (Å²) in [5.74, 6) is 0.896. The summed E-state index contributed by atoms with van der Waals surface area (Å²) in [5.41, 5.74) is 1.40. The SMILES string of the molecule is CC(C)Cn1c(=O)c2cc(F)ccc2n2c(SCc3cccc(Cl)c3)nnc12. The highest BCUT2D eigenvalue weighted by Crippen LogP contribution is 2.26. The molecule has 0 atom stereocenters. The average molecular weight is 417 g/mol. The zero-order valence-corrected chi connectivity index (χ0v) is 17.0. The molecule has 2 aromatic heterocycles. The molecule has 2 heterocycles. The topological polar surface area (TPSA) is 52.2 Å². The normalized spacial score (nSPS) is 11.8. The number of benzene rings is 2. The number of thioether (sulfide) groups is 1. The Morgan fingerprint density at radius 3 is 2.75 bits per heavy atom. The summed E-state index contributed by atoms with van der Waals surface area (Å²) < 4.78 is 17.2. The summed E-state index contributed by atoms with van der Waals surface area (Å²) in [6, 6.07) is 11.8. The Labute approximate surface area is 170 Å². The van der Waals surface area contributed by atoms with Crippen LogP contribution in [0.25, 0.3) is 16.7 Å². The Morgan fingerprint density at radius 2 is 2.00 bits per heavy atom. The predicted molar refractivity (Wildman–Crippen MR) is 111 cm³/mol. The molecule has 0 aliphatic heterocycles. The van der Waals surface area contributed by atoms with Crippen LogP contribution in [0.1, 0.15) is 19.4 Å². The van der Waals surface area contributed by atoms with Crippen LogP contribution in [0.15, 0.2) is 52.4 Å². The zero-order valence-electron chi connectivity index (χ0n) is 15.4. The van der Waals surface area contributed by atoms with Crippen molar-refractivity contribution < 1.29 is 4.39 Å². The molecular weight excluding hydrogens is 399 g/mol. The molecule has 28 heavy (non-hydrogen) atoms. The lowest BCUT2D eigenvalue weighted by atomic mass is 10.2. The van der Waals surface area contributed by atoms with Gasteiger partial charge in [-0.15, -0.1) is 10.2 Å². The van der Waals surface area contributed by atoms with Gasteiger partial charge in [-0.3, -0.25) is 13.8 Å². The number of halogens is 2. The second-order valence-electron chi connectivity index (χ2n) is 7.01. The molecule has 0 aliphatic rings. The summed E-state index contributed by atoms with van der Waals surface area (Å²) >= 11 is 7.56. The molecule has 0 aliphatic carbocycles.